The number of aromatic carboxylic acids is 1. The van der Waals surface area contributed by atoms with Crippen LogP contribution >= 0.6 is 0 Å². The Hall–Kier alpha value is -1.95. The molecule has 0 aromatic heterocycles. The van der Waals surface area contributed by atoms with E-state index in [9.17, 15) is 14.9 Å². The van der Waals surface area contributed by atoms with E-state index in [1.54, 1.807) is 13.8 Å². The number of carboxylic acids is 1. The van der Waals surface area contributed by atoms with Gasteiger partial charge in [-0.05, 0) is 19.4 Å². The van der Waals surface area contributed by atoms with Gasteiger partial charge in [0.2, 0.25) is 0 Å². The second-order valence-electron chi connectivity index (χ2n) is 3.73. The normalized spacial score (nSPS) is 10.5. The number of nitro groups is 1. The number of hydrogen-bond donors (Lipinski definition) is 1. The second-order valence-corrected chi connectivity index (χ2v) is 3.73. The van der Waals surface area contributed by atoms with Crippen molar-refractivity contribution in [1.82, 2.24) is 0 Å². The number of rotatable bonds is 5. The number of carbonyl (C=O) groups is 1. The highest BCUT2D eigenvalue weighted by molar-refractivity contribution is 5.94. The van der Waals surface area contributed by atoms with Crippen LogP contribution in [-0.4, -0.2) is 22.1 Å². The average Bonchev–Trinajstić information content (AvgIpc) is 2.25. The van der Waals surface area contributed by atoms with Crippen molar-refractivity contribution in [1.29, 1.82) is 0 Å². The van der Waals surface area contributed by atoms with Gasteiger partial charge in [-0.15, -0.1) is 0 Å². The lowest BCUT2D eigenvalue weighted by Gasteiger charge is -2.09. The zero-order valence-electron chi connectivity index (χ0n) is 9.54. The van der Waals surface area contributed by atoms with E-state index in [4.69, 9.17) is 9.84 Å². The lowest BCUT2D eigenvalue weighted by atomic mass is 10.1. The minimum Gasteiger partial charge on any atom is -0.477 e. The molecular formula is C11H13NO5. The first kappa shape index (κ1) is 13.1. The van der Waals surface area contributed by atoms with Crippen molar-refractivity contribution in [3.05, 3.63) is 39.4 Å². The highest BCUT2D eigenvalue weighted by Gasteiger charge is 2.23. The standard InChI is InChI=1S/C11H13NO5/c1-7(2)17-6-8-4-3-5-9(12(15)16)10(8)11(13)14/h3-5,7H,6H2,1-2H3,(H,13,14). The van der Waals surface area contributed by atoms with Crippen molar-refractivity contribution in [2.45, 2.75) is 26.6 Å². The summed E-state index contributed by atoms with van der Waals surface area (Å²) in [5.74, 6) is -1.32. The maximum absolute atomic E-state index is 11.0. The molecule has 17 heavy (non-hydrogen) atoms. The molecule has 0 amide bonds. The Labute approximate surface area is 98.0 Å². The SMILES string of the molecule is CC(C)OCc1cccc([N+](=O)[O-])c1C(=O)O. The largest absolute Gasteiger partial charge is 0.477 e. The zero-order valence-corrected chi connectivity index (χ0v) is 9.54. The van der Waals surface area contributed by atoms with Gasteiger partial charge in [-0.25, -0.2) is 4.79 Å². The van der Waals surface area contributed by atoms with Crippen LogP contribution < -0.4 is 0 Å². The smallest absolute Gasteiger partial charge is 0.343 e. The van der Waals surface area contributed by atoms with Crippen molar-refractivity contribution in [2.24, 2.45) is 0 Å². The minimum absolute atomic E-state index is 0.0426. The highest BCUT2D eigenvalue weighted by atomic mass is 16.6. The summed E-state index contributed by atoms with van der Waals surface area (Å²) in [5.41, 5.74) is -0.416. The minimum atomic E-state index is -1.32. The summed E-state index contributed by atoms with van der Waals surface area (Å²) >= 11 is 0. The molecule has 0 saturated heterocycles. The first-order valence-corrected chi connectivity index (χ1v) is 5.04. The van der Waals surface area contributed by atoms with E-state index in [2.05, 4.69) is 0 Å². The zero-order chi connectivity index (χ0) is 13.0. The van der Waals surface area contributed by atoms with E-state index in [0.717, 1.165) is 0 Å². The molecule has 0 spiro atoms. The van der Waals surface area contributed by atoms with Gasteiger partial charge >= 0.3 is 5.97 Å². The number of carboxylic acid groups (broad SMARTS) is 1. The fourth-order valence-corrected chi connectivity index (χ4v) is 1.36. The van der Waals surface area contributed by atoms with E-state index >= 15 is 0 Å². The Bertz CT molecular complexity index is 441. The summed E-state index contributed by atoms with van der Waals surface area (Å²) in [6.07, 6.45) is -0.0732. The van der Waals surface area contributed by atoms with Crippen LogP contribution in [0.3, 0.4) is 0 Å². The van der Waals surface area contributed by atoms with Crippen LogP contribution in [0.4, 0.5) is 5.69 Å². The fraction of sp³-hybridized carbons (Fsp3) is 0.364. The van der Waals surface area contributed by atoms with E-state index < -0.39 is 16.6 Å². The molecule has 92 valence electrons. The summed E-state index contributed by atoms with van der Waals surface area (Å²) in [5, 5.41) is 19.7. The number of nitro benzene ring substituents is 1. The van der Waals surface area contributed by atoms with E-state index in [1.807, 2.05) is 0 Å². The van der Waals surface area contributed by atoms with E-state index in [0.29, 0.717) is 5.56 Å². The summed E-state index contributed by atoms with van der Waals surface area (Å²) < 4.78 is 5.27. The van der Waals surface area contributed by atoms with Crippen molar-refractivity contribution in [3.63, 3.8) is 0 Å². The Morgan fingerprint density at radius 1 is 1.53 bits per heavy atom. The molecule has 0 atom stereocenters. The molecule has 0 aliphatic heterocycles. The van der Waals surface area contributed by atoms with Crippen LogP contribution in [0.2, 0.25) is 0 Å². The highest BCUT2D eigenvalue weighted by Crippen LogP contribution is 2.23. The first-order chi connectivity index (χ1) is 7.93. The molecule has 1 rings (SSSR count). The molecule has 0 bridgehead atoms. The predicted octanol–water partition coefficient (Wildman–Crippen LogP) is 2.22. The van der Waals surface area contributed by atoms with Gasteiger partial charge < -0.3 is 9.84 Å². The van der Waals surface area contributed by atoms with Gasteiger partial charge in [0.25, 0.3) is 5.69 Å². The monoisotopic (exact) mass is 239 g/mol. The van der Waals surface area contributed by atoms with Crippen LogP contribution in [-0.2, 0) is 11.3 Å². The average molecular weight is 239 g/mol. The number of ether oxygens (including phenoxy) is 1. The van der Waals surface area contributed by atoms with Crippen molar-refractivity contribution < 1.29 is 19.6 Å². The van der Waals surface area contributed by atoms with Gasteiger partial charge in [0.1, 0.15) is 5.56 Å². The number of nitrogens with zero attached hydrogens (tertiary/aromatic N) is 1. The van der Waals surface area contributed by atoms with Gasteiger partial charge in [0.05, 0.1) is 17.6 Å². The van der Waals surface area contributed by atoms with Crippen LogP contribution in [0.15, 0.2) is 18.2 Å². The van der Waals surface area contributed by atoms with Gasteiger partial charge in [-0.1, -0.05) is 12.1 Å². The molecule has 0 aliphatic carbocycles. The fourth-order valence-electron chi connectivity index (χ4n) is 1.36. The van der Waals surface area contributed by atoms with Crippen molar-refractivity contribution in [3.8, 4) is 0 Å². The van der Waals surface area contributed by atoms with Crippen molar-refractivity contribution >= 4 is 11.7 Å². The molecule has 0 saturated carbocycles. The summed E-state index contributed by atoms with van der Waals surface area (Å²) in [6.45, 7) is 3.65. The molecule has 0 radical (unpaired) electrons. The predicted molar refractivity (Wildman–Crippen MR) is 60.0 cm³/mol. The van der Waals surface area contributed by atoms with Gasteiger partial charge in [-0.3, -0.25) is 10.1 Å². The third-order valence-corrected chi connectivity index (χ3v) is 2.11. The van der Waals surface area contributed by atoms with Gasteiger partial charge in [-0.2, -0.15) is 0 Å². The van der Waals surface area contributed by atoms with Crippen LogP contribution in [0, 0.1) is 10.1 Å². The molecule has 0 fully saturated rings. The van der Waals surface area contributed by atoms with Crippen LogP contribution in [0.25, 0.3) is 0 Å². The Kier molecular flexibility index (Phi) is 4.17. The second kappa shape index (κ2) is 5.40. The van der Waals surface area contributed by atoms with E-state index in [1.165, 1.54) is 18.2 Å². The first-order valence-electron chi connectivity index (χ1n) is 5.04. The summed E-state index contributed by atoms with van der Waals surface area (Å²) in [6, 6.07) is 4.13. The third kappa shape index (κ3) is 3.25. The lowest BCUT2D eigenvalue weighted by Crippen LogP contribution is -2.10. The Morgan fingerprint density at radius 2 is 2.18 bits per heavy atom. The molecule has 1 aromatic rings. The maximum Gasteiger partial charge on any atom is 0.343 e. The van der Waals surface area contributed by atoms with Crippen LogP contribution in [0.5, 0.6) is 0 Å². The van der Waals surface area contributed by atoms with Gasteiger partial charge in [0.15, 0.2) is 0 Å². The van der Waals surface area contributed by atoms with Crippen molar-refractivity contribution in [2.75, 3.05) is 0 Å². The van der Waals surface area contributed by atoms with E-state index in [-0.39, 0.29) is 18.3 Å². The molecular weight excluding hydrogens is 226 g/mol. The lowest BCUT2D eigenvalue weighted by molar-refractivity contribution is -0.385. The Balaban J connectivity index is 3.16. The molecule has 6 nitrogen and oxygen atoms in total. The molecule has 6 heteroatoms. The molecule has 0 unspecified atom stereocenters. The third-order valence-electron chi connectivity index (χ3n) is 2.11. The topological polar surface area (TPSA) is 89.7 Å². The molecule has 1 N–H and O–H groups in total. The van der Waals surface area contributed by atoms with Gasteiger partial charge in [0, 0.05) is 6.07 Å². The Morgan fingerprint density at radius 3 is 2.65 bits per heavy atom. The number of benzene rings is 1. The number of hydrogen-bond acceptors (Lipinski definition) is 4. The summed E-state index contributed by atoms with van der Waals surface area (Å²) in [7, 11) is 0. The molecule has 0 aliphatic rings. The summed E-state index contributed by atoms with van der Waals surface area (Å²) in [4.78, 5) is 21.0. The molecule has 0 heterocycles. The maximum atomic E-state index is 11.0. The quantitative estimate of drug-likeness (QED) is 0.628. The van der Waals surface area contributed by atoms with Crippen LogP contribution in [0.1, 0.15) is 29.8 Å². The molecule has 1 aromatic carbocycles.